The van der Waals surface area contributed by atoms with Crippen molar-refractivity contribution in [1.29, 1.82) is 0 Å². The van der Waals surface area contributed by atoms with E-state index in [1.807, 2.05) is 7.05 Å². The zero-order valence-electron chi connectivity index (χ0n) is 15.7. The minimum Gasteiger partial charge on any atom is -0.374 e. The van der Waals surface area contributed by atoms with E-state index in [9.17, 15) is 0 Å². The van der Waals surface area contributed by atoms with Crippen molar-refractivity contribution in [2.75, 3.05) is 66.5 Å². The van der Waals surface area contributed by atoms with Gasteiger partial charge in [0, 0.05) is 58.2 Å². The quantitative estimate of drug-likeness (QED) is 0.383. The maximum Gasteiger partial charge on any atom is 0.193 e. The molecule has 4 saturated heterocycles. The molecule has 25 heavy (non-hydrogen) atoms. The molecule has 4 aliphatic rings. The number of likely N-dealkylation sites (tertiary alicyclic amines) is 1. The average Bonchev–Trinajstić information content (AvgIpc) is 3.25. The van der Waals surface area contributed by atoms with Crippen LogP contribution in [0.5, 0.6) is 0 Å². The summed E-state index contributed by atoms with van der Waals surface area (Å²) in [5.41, 5.74) is 0. The van der Waals surface area contributed by atoms with Gasteiger partial charge in [0.1, 0.15) is 0 Å². The van der Waals surface area contributed by atoms with Crippen LogP contribution in [0.4, 0.5) is 0 Å². The first-order chi connectivity index (χ1) is 11.7. The van der Waals surface area contributed by atoms with Crippen molar-refractivity contribution in [1.82, 2.24) is 20.0 Å². The fourth-order valence-corrected chi connectivity index (χ4v) is 5.11. The van der Waals surface area contributed by atoms with E-state index in [2.05, 4.69) is 32.1 Å². The van der Waals surface area contributed by atoms with Crippen LogP contribution in [0, 0.1) is 11.8 Å². The third-order valence-electron chi connectivity index (χ3n) is 6.49. The Labute approximate surface area is 169 Å². The molecule has 4 unspecified atom stereocenters. The Balaban J connectivity index is 0.00000182. The number of guanidine groups is 1. The van der Waals surface area contributed by atoms with Crippen molar-refractivity contribution in [2.24, 2.45) is 16.8 Å². The van der Waals surface area contributed by atoms with Crippen molar-refractivity contribution < 1.29 is 4.74 Å². The van der Waals surface area contributed by atoms with Crippen molar-refractivity contribution in [2.45, 2.75) is 31.5 Å². The molecule has 0 spiro atoms. The molecule has 0 aliphatic carbocycles. The standard InChI is InChI=1S/C18H33N5O.HI/c1-19-18(20-6-9-22-8-3-7-21(2)10-11-22)23-12-14-15(13-23)17-5-4-16(14)24-17;/h14-17H,3-13H2,1-2H3,(H,19,20);1H. The van der Waals surface area contributed by atoms with Crippen LogP contribution in [0.2, 0.25) is 0 Å². The zero-order chi connectivity index (χ0) is 16.5. The highest BCUT2D eigenvalue weighted by molar-refractivity contribution is 14.0. The number of ether oxygens (including phenoxy) is 1. The molecule has 4 fully saturated rings. The number of hydrogen-bond acceptors (Lipinski definition) is 4. The first kappa shape index (κ1) is 19.6. The summed E-state index contributed by atoms with van der Waals surface area (Å²) in [6, 6.07) is 0. The Kier molecular flexibility index (Phi) is 6.84. The summed E-state index contributed by atoms with van der Waals surface area (Å²) in [4.78, 5) is 12.0. The van der Waals surface area contributed by atoms with Crippen LogP contribution < -0.4 is 5.32 Å². The van der Waals surface area contributed by atoms with Crippen LogP contribution in [0.15, 0.2) is 4.99 Å². The van der Waals surface area contributed by atoms with Gasteiger partial charge in [0.2, 0.25) is 0 Å². The molecular formula is C18H34IN5O. The van der Waals surface area contributed by atoms with Gasteiger partial charge in [-0.05, 0) is 39.4 Å². The molecule has 4 atom stereocenters. The Morgan fingerprint density at radius 2 is 1.80 bits per heavy atom. The fraction of sp³-hybridized carbons (Fsp3) is 0.944. The van der Waals surface area contributed by atoms with E-state index >= 15 is 0 Å². The lowest BCUT2D eigenvalue weighted by molar-refractivity contribution is 0.0767. The van der Waals surface area contributed by atoms with E-state index in [4.69, 9.17) is 4.74 Å². The molecule has 0 amide bonds. The number of rotatable bonds is 3. The van der Waals surface area contributed by atoms with Crippen LogP contribution in [0.3, 0.4) is 0 Å². The molecule has 2 bridgehead atoms. The van der Waals surface area contributed by atoms with Gasteiger partial charge in [0.05, 0.1) is 12.2 Å². The van der Waals surface area contributed by atoms with Gasteiger partial charge in [-0.15, -0.1) is 24.0 Å². The topological polar surface area (TPSA) is 43.3 Å². The normalized spacial score (nSPS) is 36.2. The number of fused-ring (bicyclic) bond motifs is 5. The Hall–Kier alpha value is -0.120. The van der Waals surface area contributed by atoms with Gasteiger partial charge in [0.25, 0.3) is 0 Å². The largest absolute Gasteiger partial charge is 0.374 e. The highest BCUT2D eigenvalue weighted by atomic mass is 127. The maximum absolute atomic E-state index is 6.08. The molecule has 0 radical (unpaired) electrons. The number of hydrogen-bond donors (Lipinski definition) is 1. The highest BCUT2D eigenvalue weighted by Crippen LogP contribution is 2.47. The second-order valence-electron chi connectivity index (χ2n) is 8.00. The van der Waals surface area contributed by atoms with E-state index in [1.54, 1.807) is 0 Å². The molecule has 1 N–H and O–H groups in total. The molecule has 4 heterocycles. The van der Waals surface area contributed by atoms with Gasteiger partial charge in [-0.2, -0.15) is 0 Å². The molecule has 4 rings (SSSR count). The first-order valence-electron chi connectivity index (χ1n) is 9.76. The van der Waals surface area contributed by atoms with Crippen molar-refractivity contribution in [3.63, 3.8) is 0 Å². The van der Waals surface area contributed by atoms with E-state index in [-0.39, 0.29) is 24.0 Å². The van der Waals surface area contributed by atoms with Gasteiger partial charge in [-0.3, -0.25) is 4.99 Å². The molecule has 0 aromatic carbocycles. The Bertz CT molecular complexity index is 458. The lowest BCUT2D eigenvalue weighted by Crippen LogP contribution is -2.44. The maximum atomic E-state index is 6.08. The predicted molar refractivity (Wildman–Crippen MR) is 112 cm³/mol. The van der Waals surface area contributed by atoms with Crippen LogP contribution >= 0.6 is 24.0 Å². The predicted octanol–water partition coefficient (Wildman–Crippen LogP) is 0.927. The molecule has 6 nitrogen and oxygen atoms in total. The molecule has 144 valence electrons. The summed E-state index contributed by atoms with van der Waals surface area (Å²) in [6.45, 7) is 9.18. The summed E-state index contributed by atoms with van der Waals surface area (Å²) in [6.07, 6.45) is 4.88. The molecular weight excluding hydrogens is 429 g/mol. The number of nitrogens with zero attached hydrogens (tertiary/aromatic N) is 4. The molecule has 0 aromatic heterocycles. The second-order valence-corrected chi connectivity index (χ2v) is 8.00. The van der Waals surface area contributed by atoms with Crippen molar-refractivity contribution in [3.8, 4) is 0 Å². The minimum absolute atomic E-state index is 0. The molecule has 4 aliphatic heterocycles. The number of nitrogens with one attached hydrogen (secondary N) is 1. The van der Waals surface area contributed by atoms with Crippen molar-refractivity contribution in [3.05, 3.63) is 0 Å². The van der Waals surface area contributed by atoms with Crippen LogP contribution in [-0.2, 0) is 4.74 Å². The lowest BCUT2D eigenvalue weighted by atomic mass is 9.82. The van der Waals surface area contributed by atoms with Crippen LogP contribution in [0.25, 0.3) is 0 Å². The minimum atomic E-state index is 0. The SMILES string of the molecule is CN=C(NCCN1CCCN(C)CC1)N1CC2C3CCC(O3)C2C1.I. The third kappa shape index (κ3) is 4.25. The lowest BCUT2D eigenvalue weighted by Gasteiger charge is -2.25. The number of halogens is 1. The smallest absolute Gasteiger partial charge is 0.193 e. The molecule has 7 heteroatoms. The summed E-state index contributed by atoms with van der Waals surface area (Å²) >= 11 is 0. The van der Waals surface area contributed by atoms with E-state index in [0.29, 0.717) is 12.2 Å². The number of aliphatic imine (C=N–C) groups is 1. The van der Waals surface area contributed by atoms with Crippen molar-refractivity contribution >= 4 is 29.9 Å². The summed E-state index contributed by atoms with van der Waals surface area (Å²) < 4.78 is 6.08. The average molecular weight is 463 g/mol. The third-order valence-corrected chi connectivity index (χ3v) is 6.49. The number of likely N-dealkylation sites (N-methyl/N-ethyl adjacent to an activating group) is 1. The highest BCUT2D eigenvalue weighted by Gasteiger charge is 2.53. The van der Waals surface area contributed by atoms with Crippen LogP contribution in [0.1, 0.15) is 19.3 Å². The van der Waals surface area contributed by atoms with Gasteiger partial charge < -0.3 is 24.8 Å². The summed E-state index contributed by atoms with van der Waals surface area (Å²) in [7, 11) is 4.15. The van der Waals surface area contributed by atoms with Gasteiger partial charge in [0.15, 0.2) is 5.96 Å². The monoisotopic (exact) mass is 463 g/mol. The van der Waals surface area contributed by atoms with Crippen LogP contribution in [-0.4, -0.2) is 99.3 Å². The van der Waals surface area contributed by atoms with E-state index < -0.39 is 0 Å². The van der Waals surface area contributed by atoms with Gasteiger partial charge >= 0.3 is 0 Å². The first-order valence-corrected chi connectivity index (χ1v) is 9.76. The summed E-state index contributed by atoms with van der Waals surface area (Å²) in [5, 5.41) is 3.61. The molecule has 0 aromatic rings. The van der Waals surface area contributed by atoms with E-state index in [0.717, 1.165) is 44.0 Å². The Morgan fingerprint density at radius 3 is 2.48 bits per heavy atom. The second kappa shape index (κ2) is 8.71. The summed E-state index contributed by atoms with van der Waals surface area (Å²) in [5.74, 6) is 2.57. The Morgan fingerprint density at radius 1 is 1.08 bits per heavy atom. The van der Waals surface area contributed by atoms with Gasteiger partial charge in [-0.1, -0.05) is 0 Å². The zero-order valence-corrected chi connectivity index (χ0v) is 18.0. The molecule has 0 saturated carbocycles. The van der Waals surface area contributed by atoms with E-state index in [1.165, 1.54) is 45.4 Å². The fourth-order valence-electron chi connectivity index (χ4n) is 5.11. The van der Waals surface area contributed by atoms with Gasteiger partial charge in [-0.25, -0.2) is 0 Å².